The van der Waals surface area contributed by atoms with Gasteiger partial charge in [0.15, 0.2) is 0 Å². The van der Waals surface area contributed by atoms with Crippen molar-refractivity contribution in [2.24, 2.45) is 0 Å². The van der Waals surface area contributed by atoms with Crippen LogP contribution >= 0.6 is 0 Å². The van der Waals surface area contributed by atoms with E-state index < -0.39 is 6.10 Å². The topological polar surface area (TPSA) is 45.2 Å². The van der Waals surface area contributed by atoms with Crippen LogP contribution in [0, 0.1) is 0 Å². The summed E-state index contributed by atoms with van der Waals surface area (Å²) in [6.07, 6.45) is 4.42. The van der Waals surface area contributed by atoms with E-state index in [0.29, 0.717) is 5.92 Å². The zero-order valence-corrected chi connectivity index (χ0v) is 18.4. The lowest BCUT2D eigenvalue weighted by Crippen LogP contribution is -2.16. The molecule has 1 aliphatic rings. The van der Waals surface area contributed by atoms with E-state index in [9.17, 15) is 5.11 Å². The van der Waals surface area contributed by atoms with Crippen LogP contribution in [0.4, 0.5) is 5.69 Å². The molecule has 3 nitrogen and oxygen atoms in total. The van der Waals surface area contributed by atoms with E-state index in [0.717, 1.165) is 66.5 Å². The molecule has 1 aromatic heterocycles. The van der Waals surface area contributed by atoms with Crippen LogP contribution in [0.5, 0.6) is 0 Å². The van der Waals surface area contributed by atoms with E-state index in [4.69, 9.17) is 4.98 Å². The summed E-state index contributed by atoms with van der Waals surface area (Å²) in [6.45, 7) is 0.864. The number of hydrogen-bond acceptors (Lipinski definition) is 3. The van der Waals surface area contributed by atoms with Gasteiger partial charge in [-0.25, -0.2) is 0 Å². The molecule has 4 aromatic rings. The first-order chi connectivity index (χ1) is 15.8. The molecule has 1 heterocycles. The quantitative estimate of drug-likeness (QED) is 0.329. The number of nitrogens with one attached hydrogen (secondary N) is 1. The van der Waals surface area contributed by atoms with Gasteiger partial charge in [-0.1, -0.05) is 78.9 Å². The second-order valence-corrected chi connectivity index (χ2v) is 8.72. The standard InChI is InChI=1S/C29H30N2O/c32-27-19-9-18-26-28(27)29(24-15-7-8-17-25(24)31-26)30-20-10-16-23(21-11-3-1-4-12-21)22-13-5-2-6-14-22/h1-8,11-15,17,23,27,32H,9-10,16,18-20H2,(H,30,31). The number of anilines is 1. The number of pyridine rings is 1. The van der Waals surface area contributed by atoms with Crippen molar-refractivity contribution in [1.29, 1.82) is 0 Å². The summed E-state index contributed by atoms with van der Waals surface area (Å²) in [5.41, 5.74) is 6.87. The van der Waals surface area contributed by atoms with Gasteiger partial charge in [-0.3, -0.25) is 4.98 Å². The predicted octanol–water partition coefficient (Wildman–Crippen LogP) is 6.63. The molecule has 5 rings (SSSR count). The first kappa shape index (κ1) is 20.7. The van der Waals surface area contributed by atoms with Gasteiger partial charge in [0.25, 0.3) is 0 Å². The van der Waals surface area contributed by atoms with Crippen LogP contribution in [-0.4, -0.2) is 16.6 Å². The highest BCUT2D eigenvalue weighted by molar-refractivity contribution is 5.93. The van der Waals surface area contributed by atoms with E-state index in [2.05, 4.69) is 84.2 Å². The number of aliphatic hydroxyl groups is 1. The minimum atomic E-state index is -0.431. The number of aliphatic hydroxyl groups excluding tert-OH is 1. The second kappa shape index (κ2) is 9.54. The number of fused-ring (bicyclic) bond motifs is 2. The Morgan fingerprint density at radius 2 is 1.53 bits per heavy atom. The lowest BCUT2D eigenvalue weighted by molar-refractivity contribution is 0.156. The average Bonchev–Trinajstić information content (AvgIpc) is 2.84. The second-order valence-electron chi connectivity index (χ2n) is 8.72. The average molecular weight is 423 g/mol. The monoisotopic (exact) mass is 422 g/mol. The molecule has 1 atom stereocenters. The molecule has 1 unspecified atom stereocenters. The Hall–Kier alpha value is -3.17. The highest BCUT2D eigenvalue weighted by Gasteiger charge is 2.24. The van der Waals surface area contributed by atoms with E-state index in [1.54, 1.807) is 0 Å². The number of hydrogen-bond donors (Lipinski definition) is 2. The summed E-state index contributed by atoms with van der Waals surface area (Å²) in [7, 11) is 0. The third-order valence-electron chi connectivity index (χ3n) is 6.61. The molecular formula is C29H30N2O. The Morgan fingerprint density at radius 1 is 0.875 bits per heavy atom. The normalized spacial score (nSPS) is 15.6. The Bertz CT molecular complexity index is 1130. The van der Waals surface area contributed by atoms with Gasteiger partial charge in [0.05, 0.1) is 17.3 Å². The first-order valence-electron chi connectivity index (χ1n) is 11.7. The maximum Gasteiger partial charge on any atom is 0.0828 e. The zero-order valence-electron chi connectivity index (χ0n) is 18.4. The molecular weight excluding hydrogens is 392 g/mol. The third-order valence-corrected chi connectivity index (χ3v) is 6.61. The number of rotatable bonds is 7. The predicted molar refractivity (Wildman–Crippen MR) is 132 cm³/mol. The SMILES string of the molecule is OC1CCCc2nc3ccccc3c(NCCCC(c3ccccc3)c3ccccc3)c21. The summed E-state index contributed by atoms with van der Waals surface area (Å²) in [5, 5.41) is 15.6. The fraction of sp³-hybridized carbons (Fsp3) is 0.276. The van der Waals surface area contributed by atoms with E-state index in [1.165, 1.54) is 11.1 Å². The maximum absolute atomic E-state index is 10.8. The number of aromatic nitrogens is 1. The Morgan fingerprint density at radius 3 is 2.25 bits per heavy atom. The highest BCUT2D eigenvalue weighted by Crippen LogP contribution is 2.38. The molecule has 0 amide bonds. The van der Waals surface area contributed by atoms with Gasteiger partial charge in [-0.2, -0.15) is 0 Å². The van der Waals surface area contributed by atoms with Gasteiger partial charge in [0.2, 0.25) is 0 Å². The van der Waals surface area contributed by atoms with Crippen molar-refractivity contribution in [1.82, 2.24) is 4.98 Å². The fourth-order valence-electron chi connectivity index (χ4n) is 5.04. The number of para-hydroxylation sites is 1. The van der Waals surface area contributed by atoms with Crippen LogP contribution in [0.2, 0.25) is 0 Å². The molecule has 0 spiro atoms. The highest BCUT2D eigenvalue weighted by atomic mass is 16.3. The summed E-state index contributed by atoms with van der Waals surface area (Å²) < 4.78 is 0. The lowest BCUT2D eigenvalue weighted by atomic mass is 9.87. The Kier molecular flexibility index (Phi) is 6.17. The van der Waals surface area contributed by atoms with Crippen molar-refractivity contribution in [2.75, 3.05) is 11.9 Å². The fourth-order valence-corrected chi connectivity index (χ4v) is 5.04. The molecule has 3 heteroatoms. The number of aryl methyl sites for hydroxylation is 1. The number of nitrogens with zero attached hydrogens (tertiary/aromatic N) is 1. The molecule has 2 N–H and O–H groups in total. The van der Waals surface area contributed by atoms with Crippen LogP contribution in [0.15, 0.2) is 84.9 Å². The van der Waals surface area contributed by atoms with Crippen molar-refractivity contribution < 1.29 is 5.11 Å². The zero-order chi connectivity index (χ0) is 21.8. The molecule has 0 bridgehead atoms. The van der Waals surface area contributed by atoms with E-state index in [-0.39, 0.29) is 0 Å². The van der Waals surface area contributed by atoms with Crippen LogP contribution in [0.25, 0.3) is 10.9 Å². The van der Waals surface area contributed by atoms with E-state index >= 15 is 0 Å². The summed E-state index contributed by atoms with van der Waals surface area (Å²) in [6, 6.07) is 29.9. The smallest absolute Gasteiger partial charge is 0.0828 e. The largest absolute Gasteiger partial charge is 0.388 e. The molecule has 0 radical (unpaired) electrons. The summed E-state index contributed by atoms with van der Waals surface area (Å²) in [4.78, 5) is 4.86. The third kappa shape index (κ3) is 4.26. The van der Waals surface area contributed by atoms with Crippen molar-refractivity contribution in [3.63, 3.8) is 0 Å². The van der Waals surface area contributed by atoms with Crippen LogP contribution in [-0.2, 0) is 6.42 Å². The molecule has 162 valence electrons. The van der Waals surface area contributed by atoms with Crippen LogP contribution in [0.3, 0.4) is 0 Å². The molecule has 1 aliphatic carbocycles. The van der Waals surface area contributed by atoms with E-state index in [1.807, 2.05) is 6.07 Å². The van der Waals surface area contributed by atoms with Crippen molar-refractivity contribution in [3.8, 4) is 0 Å². The van der Waals surface area contributed by atoms with Gasteiger partial charge in [0.1, 0.15) is 0 Å². The van der Waals surface area contributed by atoms with Gasteiger partial charge >= 0.3 is 0 Å². The molecule has 32 heavy (non-hydrogen) atoms. The van der Waals surface area contributed by atoms with Crippen molar-refractivity contribution >= 4 is 16.6 Å². The molecule has 0 saturated heterocycles. The Labute approximate surface area is 190 Å². The Balaban J connectivity index is 1.37. The van der Waals surface area contributed by atoms with Crippen molar-refractivity contribution in [2.45, 2.75) is 44.1 Å². The molecule has 0 saturated carbocycles. The van der Waals surface area contributed by atoms with Crippen LogP contribution < -0.4 is 5.32 Å². The lowest BCUT2D eigenvalue weighted by Gasteiger charge is -2.26. The molecule has 0 fully saturated rings. The maximum atomic E-state index is 10.8. The van der Waals surface area contributed by atoms with Gasteiger partial charge in [-0.05, 0) is 49.3 Å². The molecule has 3 aromatic carbocycles. The summed E-state index contributed by atoms with van der Waals surface area (Å²) in [5.74, 6) is 0.382. The minimum Gasteiger partial charge on any atom is -0.388 e. The molecule has 0 aliphatic heterocycles. The minimum absolute atomic E-state index is 0.382. The first-order valence-corrected chi connectivity index (χ1v) is 11.7. The van der Waals surface area contributed by atoms with Gasteiger partial charge in [-0.15, -0.1) is 0 Å². The van der Waals surface area contributed by atoms with Gasteiger partial charge in [0, 0.05) is 29.1 Å². The van der Waals surface area contributed by atoms with Gasteiger partial charge < -0.3 is 10.4 Å². The van der Waals surface area contributed by atoms with Crippen LogP contribution in [0.1, 0.15) is 60.1 Å². The number of benzene rings is 3. The summed E-state index contributed by atoms with van der Waals surface area (Å²) >= 11 is 0. The van der Waals surface area contributed by atoms with Crippen molar-refractivity contribution in [3.05, 3.63) is 107 Å².